The van der Waals surface area contributed by atoms with E-state index in [9.17, 15) is 4.39 Å². The van der Waals surface area contributed by atoms with Crippen LogP contribution in [0.25, 0.3) is 0 Å². The van der Waals surface area contributed by atoms with Gasteiger partial charge in [-0.25, -0.2) is 4.39 Å². The molecule has 0 heterocycles. The summed E-state index contributed by atoms with van der Waals surface area (Å²) in [5.74, 6) is -0.316. The van der Waals surface area contributed by atoms with Crippen LogP contribution in [0.1, 0.15) is 11.1 Å². The van der Waals surface area contributed by atoms with Gasteiger partial charge in [0.05, 0.1) is 12.5 Å². The lowest BCUT2D eigenvalue weighted by atomic mass is 10.1. The second kappa shape index (κ2) is 3.68. The van der Waals surface area contributed by atoms with Crippen molar-refractivity contribution in [2.45, 2.75) is 13.3 Å². The highest BCUT2D eigenvalue weighted by molar-refractivity contribution is 9.10. The van der Waals surface area contributed by atoms with Crippen LogP contribution < -0.4 is 0 Å². The van der Waals surface area contributed by atoms with E-state index < -0.39 is 0 Å². The predicted octanol–water partition coefficient (Wildman–Crippen LogP) is 2.96. The Labute approximate surface area is 79.0 Å². The molecular weight excluding hydrogens is 221 g/mol. The molecule has 0 aliphatic heterocycles. The largest absolute Gasteiger partial charge is 0.207 e. The first-order valence-corrected chi connectivity index (χ1v) is 4.26. The van der Waals surface area contributed by atoms with Gasteiger partial charge < -0.3 is 0 Å². The van der Waals surface area contributed by atoms with Gasteiger partial charge in [-0.15, -0.1) is 0 Å². The SMILES string of the molecule is Cc1cc(Br)cc(F)c1CC#N. The lowest BCUT2D eigenvalue weighted by molar-refractivity contribution is 0.612. The highest BCUT2D eigenvalue weighted by Crippen LogP contribution is 2.19. The van der Waals surface area contributed by atoms with Gasteiger partial charge in [-0.05, 0) is 24.6 Å². The zero-order valence-electron chi connectivity index (χ0n) is 6.56. The van der Waals surface area contributed by atoms with E-state index >= 15 is 0 Å². The summed E-state index contributed by atoms with van der Waals surface area (Å²) in [6, 6.07) is 5.11. The number of rotatable bonds is 1. The molecule has 0 bridgehead atoms. The standard InChI is InChI=1S/C9H7BrFN/c1-6-4-7(10)5-9(11)8(6)2-3-12/h4-5H,2H2,1H3. The van der Waals surface area contributed by atoms with Gasteiger partial charge in [0, 0.05) is 10.0 Å². The van der Waals surface area contributed by atoms with Crippen LogP contribution in [-0.4, -0.2) is 0 Å². The van der Waals surface area contributed by atoms with E-state index in [1.165, 1.54) is 6.07 Å². The average Bonchev–Trinajstić information content (AvgIpc) is 1.96. The number of nitriles is 1. The van der Waals surface area contributed by atoms with Crippen LogP contribution in [0.3, 0.4) is 0 Å². The van der Waals surface area contributed by atoms with Crippen molar-refractivity contribution in [3.63, 3.8) is 0 Å². The molecule has 0 N–H and O–H groups in total. The molecule has 62 valence electrons. The summed E-state index contributed by atoms with van der Waals surface area (Å²) in [5.41, 5.74) is 1.30. The molecule has 0 saturated carbocycles. The molecule has 0 radical (unpaired) electrons. The first kappa shape index (κ1) is 9.21. The van der Waals surface area contributed by atoms with Gasteiger partial charge in [0.15, 0.2) is 0 Å². The Hall–Kier alpha value is -0.880. The molecule has 0 aromatic heterocycles. The molecule has 0 amide bonds. The fourth-order valence-electron chi connectivity index (χ4n) is 1.04. The summed E-state index contributed by atoms with van der Waals surface area (Å²) in [7, 11) is 0. The maximum Gasteiger partial charge on any atom is 0.128 e. The van der Waals surface area contributed by atoms with Crippen molar-refractivity contribution >= 4 is 15.9 Å². The Morgan fingerprint density at radius 2 is 2.25 bits per heavy atom. The second-order valence-electron chi connectivity index (χ2n) is 2.52. The monoisotopic (exact) mass is 227 g/mol. The summed E-state index contributed by atoms with van der Waals surface area (Å²) in [6.07, 6.45) is 0.130. The van der Waals surface area contributed by atoms with Crippen LogP contribution in [0, 0.1) is 24.1 Å². The Morgan fingerprint density at radius 3 is 2.75 bits per heavy atom. The minimum atomic E-state index is -0.316. The van der Waals surface area contributed by atoms with Gasteiger partial charge in [-0.2, -0.15) is 5.26 Å². The van der Waals surface area contributed by atoms with Crippen LogP contribution in [0.2, 0.25) is 0 Å². The minimum Gasteiger partial charge on any atom is -0.207 e. The summed E-state index contributed by atoms with van der Waals surface area (Å²) in [5, 5.41) is 8.41. The van der Waals surface area contributed by atoms with E-state index in [1.807, 2.05) is 6.07 Å². The number of benzene rings is 1. The molecule has 0 unspecified atom stereocenters. The van der Waals surface area contributed by atoms with Crippen LogP contribution in [0.5, 0.6) is 0 Å². The molecule has 0 aliphatic carbocycles. The Morgan fingerprint density at radius 1 is 1.58 bits per heavy atom. The Kier molecular flexibility index (Phi) is 2.83. The van der Waals surface area contributed by atoms with Crippen LogP contribution in [0.15, 0.2) is 16.6 Å². The summed E-state index contributed by atoms with van der Waals surface area (Å²) < 4.78 is 13.8. The van der Waals surface area contributed by atoms with Crippen LogP contribution in [0.4, 0.5) is 4.39 Å². The molecule has 12 heavy (non-hydrogen) atoms. The van der Waals surface area contributed by atoms with Crippen LogP contribution >= 0.6 is 15.9 Å². The van der Waals surface area contributed by atoms with E-state index in [-0.39, 0.29) is 12.2 Å². The first-order valence-electron chi connectivity index (χ1n) is 3.46. The van der Waals surface area contributed by atoms with Crippen molar-refractivity contribution in [2.75, 3.05) is 0 Å². The third kappa shape index (κ3) is 1.83. The van der Waals surface area contributed by atoms with Crippen molar-refractivity contribution in [3.05, 3.63) is 33.5 Å². The maximum atomic E-state index is 13.1. The zero-order valence-corrected chi connectivity index (χ0v) is 8.15. The van der Waals surface area contributed by atoms with Crippen molar-refractivity contribution in [1.82, 2.24) is 0 Å². The van der Waals surface area contributed by atoms with Gasteiger partial charge in [0.2, 0.25) is 0 Å². The molecule has 0 spiro atoms. The maximum absolute atomic E-state index is 13.1. The second-order valence-corrected chi connectivity index (χ2v) is 3.43. The first-order chi connectivity index (χ1) is 5.65. The summed E-state index contributed by atoms with van der Waals surface area (Å²) in [4.78, 5) is 0. The van der Waals surface area contributed by atoms with Gasteiger partial charge in [0.1, 0.15) is 5.82 Å². The predicted molar refractivity (Wildman–Crippen MR) is 48.2 cm³/mol. The van der Waals surface area contributed by atoms with Gasteiger partial charge in [-0.1, -0.05) is 15.9 Å². The van der Waals surface area contributed by atoms with E-state index in [4.69, 9.17) is 5.26 Å². The minimum absolute atomic E-state index is 0.130. The number of hydrogen-bond donors (Lipinski definition) is 0. The molecule has 0 aliphatic rings. The number of hydrogen-bond acceptors (Lipinski definition) is 1. The Bertz CT molecular complexity index is 318. The molecule has 1 aromatic rings. The molecule has 3 heteroatoms. The Balaban J connectivity index is 3.21. The summed E-state index contributed by atoms with van der Waals surface area (Å²) in [6.45, 7) is 1.79. The quantitative estimate of drug-likeness (QED) is 0.724. The molecule has 0 atom stereocenters. The van der Waals surface area contributed by atoms with Crippen molar-refractivity contribution in [1.29, 1.82) is 5.26 Å². The lowest BCUT2D eigenvalue weighted by Gasteiger charge is -2.03. The third-order valence-electron chi connectivity index (χ3n) is 1.64. The molecular formula is C9H7BrFN. The number of nitrogens with zero attached hydrogens (tertiary/aromatic N) is 1. The van der Waals surface area contributed by atoms with Crippen LogP contribution in [-0.2, 0) is 6.42 Å². The zero-order chi connectivity index (χ0) is 9.14. The highest BCUT2D eigenvalue weighted by Gasteiger charge is 2.05. The highest BCUT2D eigenvalue weighted by atomic mass is 79.9. The lowest BCUT2D eigenvalue weighted by Crippen LogP contribution is -1.92. The molecule has 0 saturated heterocycles. The normalized spacial score (nSPS) is 9.50. The van der Waals surface area contributed by atoms with E-state index in [2.05, 4.69) is 15.9 Å². The summed E-state index contributed by atoms with van der Waals surface area (Å²) >= 11 is 3.18. The van der Waals surface area contributed by atoms with Crippen molar-refractivity contribution in [2.24, 2.45) is 0 Å². The van der Waals surface area contributed by atoms with Gasteiger partial charge >= 0.3 is 0 Å². The number of halogens is 2. The topological polar surface area (TPSA) is 23.8 Å². The number of aryl methyl sites for hydroxylation is 1. The fourth-order valence-corrected chi connectivity index (χ4v) is 1.58. The third-order valence-corrected chi connectivity index (χ3v) is 2.10. The van der Waals surface area contributed by atoms with Crippen molar-refractivity contribution in [3.8, 4) is 6.07 Å². The van der Waals surface area contributed by atoms with Gasteiger partial charge in [-0.3, -0.25) is 0 Å². The molecule has 1 rings (SSSR count). The van der Waals surface area contributed by atoms with Crippen molar-refractivity contribution < 1.29 is 4.39 Å². The fraction of sp³-hybridized carbons (Fsp3) is 0.222. The molecule has 1 nitrogen and oxygen atoms in total. The van der Waals surface area contributed by atoms with Gasteiger partial charge in [0.25, 0.3) is 0 Å². The average molecular weight is 228 g/mol. The van der Waals surface area contributed by atoms with E-state index in [1.54, 1.807) is 13.0 Å². The smallest absolute Gasteiger partial charge is 0.128 e. The van der Waals surface area contributed by atoms with E-state index in [0.717, 1.165) is 5.56 Å². The molecule has 0 fully saturated rings. The van der Waals surface area contributed by atoms with E-state index in [0.29, 0.717) is 10.0 Å². The molecule has 1 aromatic carbocycles.